The maximum Gasteiger partial charge on any atom is 0.224 e. The number of methoxy groups -OCH3 is 1. The van der Waals surface area contributed by atoms with Gasteiger partial charge in [0.15, 0.2) is 0 Å². The van der Waals surface area contributed by atoms with Crippen LogP contribution in [0, 0.1) is 0 Å². The van der Waals surface area contributed by atoms with E-state index in [0.717, 1.165) is 5.56 Å². The number of hydrogen-bond acceptors (Lipinski definition) is 3. The maximum atomic E-state index is 12.0. The van der Waals surface area contributed by atoms with E-state index in [4.69, 9.17) is 16.3 Å². The van der Waals surface area contributed by atoms with Gasteiger partial charge >= 0.3 is 0 Å². The quantitative estimate of drug-likeness (QED) is 0.825. The van der Waals surface area contributed by atoms with Gasteiger partial charge < -0.3 is 15.0 Å². The molecule has 0 aliphatic heterocycles. The molecule has 0 fully saturated rings. The monoisotopic (exact) mass is 360 g/mol. The fraction of sp³-hybridized carbons (Fsp3) is 0.263. The summed E-state index contributed by atoms with van der Waals surface area (Å²) in [5.74, 6) is 0.306. The summed E-state index contributed by atoms with van der Waals surface area (Å²) in [6.45, 7) is 2.12. The summed E-state index contributed by atoms with van der Waals surface area (Å²) in [5, 5.41) is 3.34. The van der Waals surface area contributed by atoms with Crippen molar-refractivity contribution in [3.05, 3.63) is 59.1 Å². The van der Waals surface area contributed by atoms with Crippen molar-refractivity contribution < 1.29 is 14.3 Å². The molecule has 0 atom stereocenters. The lowest BCUT2D eigenvalue weighted by Crippen LogP contribution is -2.38. The van der Waals surface area contributed by atoms with E-state index in [2.05, 4.69) is 5.32 Å². The molecule has 132 valence electrons. The minimum atomic E-state index is -0.155. The van der Waals surface area contributed by atoms with Gasteiger partial charge in [-0.05, 0) is 23.8 Å². The van der Waals surface area contributed by atoms with Crippen LogP contribution in [-0.4, -0.2) is 32.0 Å². The molecule has 0 aromatic heterocycles. The highest BCUT2D eigenvalue weighted by Crippen LogP contribution is 2.31. The molecule has 5 nitrogen and oxygen atoms in total. The average molecular weight is 361 g/mol. The van der Waals surface area contributed by atoms with E-state index >= 15 is 0 Å². The Kier molecular flexibility index (Phi) is 6.83. The molecule has 0 aliphatic carbocycles. The van der Waals surface area contributed by atoms with Crippen LogP contribution in [0.5, 0.6) is 5.75 Å². The van der Waals surface area contributed by atoms with Crippen molar-refractivity contribution in [2.75, 3.05) is 25.1 Å². The molecule has 0 saturated heterocycles. The van der Waals surface area contributed by atoms with Crippen LogP contribution < -0.4 is 15.0 Å². The van der Waals surface area contributed by atoms with Crippen molar-refractivity contribution in [2.24, 2.45) is 0 Å². The summed E-state index contributed by atoms with van der Waals surface area (Å²) in [4.78, 5) is 25.6. The summed E-state index contributed by atoms with van der Waals surface area (Å²) in [7, 11) is 1.53. The van der Waals surface area contributed by atoms with Gasteiger partial charge in [0.1, 0.15) is 5.75 Å². The molecule has 2 aromatic carbocycles. The standard InChI is InChI=1S/C19H21ClN2O3/c1-14(23)22(17-13-16(20)8-9-18(17)25-2)11-10-21-19(24)12-15-6-4-3-5-7-15/h3-9,13H,10-12H2,1-2H3,(H,21,24). The lowest BCUT2D eigenvalue weighted by Gasteiger charge is -2.23. The highest BCUT2D eigenvalue weighted by molar-refractivity contribution is 6.31. The summed E-state index contributed by atoms with van der Waals surface area (Å²) in [6, 6.07) is 14.6. The number of benzene rings is 2. The Bertz CT molecular complexity index is 735. The van der Waals surface area contributed by atoms with Crippen molar-refractivity contribution in [3.63, 3.8) is 0 Å². The summed E-state index contributed by atoms with van der Waals surface area (Å²) >= 11 is 6.03. The number of carbonyl (C=O) groups excluding carboxylic acids is 2. The number of nitrogens with zero attached hydrogens (tertiary/aromatic N) is 1. The number of amides is 2. The third kappa shape index (κ3) is 5.50. The van der Waals surface area contributed by atoms with Crippen LogP contribution in [0.1, 0.15) is 12.5 Å². The number of ether oxygens (including phenoxy) is 1. The van der Waals surface area contributed by atoms with E-state index in [1.54, 1.807) is 18.2 Å². The predicted octanol–water partition coefficient (Wildman–Crippen LogP) is 3.06. The second-order valence-electron chi connectivity index (χ2n) is 5.50. The van der Waals surface area contributed by atoms with Gasteiger partial charge in [-0.3, -0.25) is 9.59 Å². The Morgan fingerprint density at radius 2 is 1.88 bits per heavy atom. The first-order valence-electron chi connectivity index (χ1n) is 7.93. The zero-order valence-corrected chi connectivity index (χ0v) is 15.0. The number of hydrogen-bond donors (Lipinski definition) is 1. The molecule has 0 spiro atoms. The minimum absolute atomic E-state index is 0.0900. The van der Waals surface area contributed by atoms with E-state index < -0.39 is 0 Å². The summed E-state index contributed by atoms with van der Waals surface area (Å²) < 4.78 is 5.30. The minimum Gasteiger partial charge on any atom is -0.495 e. The van der Waals surface area contributed by atoms with Crippen LogP contribution in [0.4, 0.5) is 5.69 Å². The lowest BCUT2D eigenvalue weighted by molar-refractivity contribution is -0.121. The SMILES string of the molecule is COc1ccc(Cl)cc1N(CCNC(=O)Cc1ccccc1)C(C)=O. The Balaban J connectivity index is 1.97. The summed E-state index contributed by atoms with van der Waals surface area (Å²) in [5.41, 5.74) is 1.53. The van der Waals surface area contributed by atoms with Gasteiger partial charge in [-0.25, -0.2) is 0 Å². The number of halogens is 1. The number of rotatable bonds is 7. The van der Waals surface area contributed by atoms with Crippen LogP contribution in [0.2, 0.25) is 5.02 Å². The molecule has 0 radical (unpaired) electrons. The topological polar surface area (TPSA) is 58.6 Å². The van der Waals surface area contributed by atoms with Crippen molar-refractivity contribution in [1.29, 1.82) is 0 Å². The molecule has 2 aromatic rings. The highest BCUT2D eigenvalue weighted by Gasteiger charge is 2.17. The van der Waals surface area contributed by atoms with Crippen molar-refractivity contribution in [2.45, 2.75) is 13.3 Å². The number of anilines is 1. The molecule has 2 amide bonds. The Morgan fingerprint density at radius 3 is 2.52 bits per heavy atom. The smallest absolute Gasteiger partial charge is 0.224 e. The van der Waals surface area contributed by atoms with Gasteiger partial charge in [0.25, 0.3) is 0 Å². The highest BCUT2D eigenvalue weighted by atomic mass is 35.5. The molecular formula is C19H21ClN2O3. The van der Waals surface area contributed by atoms with E-state index in [0.29, 0.717) is 36.0 Å². The predicted molar refractivity (Wildman–Crippen MR) is 99.2 cm³/mol. The number of nitrogens with one attached hydrogen (secondary N) is 1. The second-order valence-corrected chi connectivity index (χ2v) is 5.94. The van der Waals surface area contributed by atoms with E-state index in [1.165, 1.54) is 18.9 Å². The van der Waals surface area contributed by atoms with E-state index in [-0.39, 0.29) is 11.8 Å². The Hall–Kier alpha value is -2.53. The zero-order valence-electron chi connectivity index (χ0n) is 14.3. The van der Waals surface area contributed by atoms with Crippen molar-refractivity contribution in [3.8, 4) is 5.75 Å². The van der Waals surface area contributed by atoms with Crippen LogP contribution in [-0.2, 0) is 16.0 Å². The third-order valence-corrected chi connectivity index (χ3v) is 3.91. The van der Waals surface area contributed by atoms with Gasteiger partial charge in [0.05, 0.1) is 19.2 Å². The average Bonchev–Trinajstić information content (AvgIpc) is 2.59. The first-order chi connectivity index (χ1) is 12.0. The molecule has 0 saturated carbocycles. The van der Waals surface area contributed by atoms with Gasteiger partial charge in [-0.2, -0.15) is 0 Å². The van der Waals surface area contributed by atoms with Crippen molar-refractivity contribution in [1.82, 2.24) is 5.32 Å². The summed E-state index contributed by atoms with van der Waals surface area (Å²) in [6.07, 6.45) is 0.307. The Morgan fingerprint density at radius 1 is 1.16 bits per heavy atom. The normalized spacial score (nSPS) is 10.2. The van der Waals surface area contributed by atoms with Crippen LogP contribution in [0.25, 0.3) is 0 Å². The molecular weight excluding hydrogens is 340 g/mol. The fourth-order valence-electron chi connectivity index (χ4n) is 2.47. The first-order valence-corrected chi connectivity index (χ1v) is 8.31. The van der Waals surface area contributed by atoms with Crippen molar-refractivity contribution >= 4 is 29.1 Å². The molecule has 1 N–H and O–H groups in total. The lowest BCUT2D eigenvalue weighted by atomic mass is 10.1. The van der Waals surface area contributed by atoms with Gasteiger partial charge in [-0.15, -0.1) is 0 Å². The van der Waals surface area contributed by atoms with Gasteiger partial charge in [-0.1, -0.05) is 41.9 Å². The van der Waals surface area contributed by atoms with Gasteiger partial charge in [0.2, 0.25) is 11.8 Å². The van der Waals surface area contributed by atoms with Crippen LogP contribution in [0.3, 0.4) is 0 Å². The molecule has 0 bridgehead atoms. The van der Waals surface area contributed by atoms with Gasteiger partial charge in [0, 0.05) is 25.0 Å². The molecule has 2 rings (SSSR count). The molecule has 0 heterocycles. The van der Waals surface area contributed by atoms with E-state index in [9.17, 15) is 9.59 Å². The molecule has 6 heteroatoms. The third-order valence-electron chi connectivity index (χ3n) is 3.68. The van der Waals surface area contributed by atoms with E-state index in [1.807, 2.05) is 30.3 Å². The van der Waals surface area contributed by atoms with Crippen LogP contribution in [0.15, 0.2) is 48.5 Å². The molecule has 0 unspecified atom stereocenters. The Labute approximate surface area is 152 Å². The largest absolute Gasteiger partial charge is 0.495 e. The van der Waals surface area contributed by atoms with Crippen LogP contribution >= 0.6 is 11.6 Å². The zero-order chi connectivity index (χ0) is 18.2. The first kappa shape index (κ1) is 18.8. The fourth-order valence-corrected chi connectivity index (χ4v) is 2.64. The maximum absolute atomic E-state index is 12.0. The number of carbonyl (C=O) groups is 2. The molecule has 0 aliphatic rings. The molecule has 25 heavy (non-hydrogen) atoms. The second kappa shape index (κ2) is 9.08.